The lowest BCUT2D eigenvalue weighted by atomic mass is 9.91. The maximum atomic E-state index is 12.8. The number of anilines is 1. The molecule has 0 aliphatic rings. The van der Waals surface area contributed by atoms with Crippen LogP contribution in [0.5, 0.6) is 0 Å². The predicted octanol–water partition coefficient (Wildman–Crippen LogP) is 4.76. The molecule has 0 aromatic heterocycles. The number of amides is 1. The molecule has 0 heterocycles. The van der Waals surface area contributed by atoms with Crippen LogP contribution >= 0.6 is 15.9 Å². The van der Waals surface area contributed by atoms with Gasteiger partial charge in [0.1, 0.15) is 5.92 Å². The van der Waals surface area contributed by atoms with E-state index in [0.29, 0.717) is 5.69 Å². The molecule has 1 N–H and O–H groups in total. The van der Waals surface area contributed by atoms with Crippen LogP contribution in [0.1, 0.15) is 17.0 Å². The van der Waals surface area contributed by atoms with Crippen molar-refractivity contribution in [3.63, 3.8) is 0 Å². The highest BCUT2D eigenvalue weighted by Gasteiger charge is 2.24. The lowest BCUT2D eigenvalue weighted by Crippen LogP contribution is -2.24. The Kier molecular flexibility index (Phi) is 6.39. The van der Waals surface area contributed by atoms with Gasteiger partial charge in [0.25, 0.3) is 5.91 Å². The Morgan fingerprint density at radius 3 is 1.89 bits per heavy atom. The molecule has 0 bridgehead atoms. The summed E-state index contributed by atoms with van der Waals surface area (Å²) in [6, 6.07) is 26.0. The number of halogens is 1. The van der Waals surface area contributed by atoms with Crippen LogP contribution in [0.2, 0.25) is 0 Å². The maximum Gasteiger partial charge on any atom is 0.318 e. The number of hydrogen-bond acceptors (Lipinski definition) is 3. The highest BCUT2D eigenvalue weighted by Crippen LogP contribution is 2.26. The minimum Gasteiger partial charge on any atom is -0.455 e. The zero-order valence-electron chi connectivity index (χ0n) is 14.5. The molecule has 0 atom stereocenters. The monoisotopic (exact) mass is 423 g/mol. The summed E-state index contributed by atoms with van der Waals surface area (Å²) in [7, 11) is 0. The van der Waals surface area contributed by atoms with E-state index in [2.05, 4.69) is 21.2 Å². The SMILES string of the molecule is O=C(COC(=O)C(c1ccccc1)c1ccccc1)Nc1ccccc1Br. The molecule has 3 aromatic carbocycles. The van der Waals surface area contributed by atoms with Crippen LogP contribution in [-0.2, 0) is 14.3 Å². The van der Waals surface area contributed by atoms with Gasteiger partial charge in [-0.1, -0.05) is 72.8 Å². The number of carbonyl (C=O) groups is 2. The first-order chi connectivity index (χ1) is 13.1. The lowest BCUT2D eigenvalue weighted by molar-refractivity contribution is -0.147. The third-order valence-corrected chi connectivity index (χ3v) is 4.69. The van der Waals surface area contributed by atoms with Crippen molar-refractivity contribution in [1.29, 1.82) is 0 Å². The Morgan fingerprint density at radius 2 is 1.33 bits per heavy atom. The highest BCUT2D eigenvalue weighted by molar-refractivity contribution is 9.10. The molecule has 0 radical (unpaired) electrons. The summed E-state index contributed by atoms with van der Waals surface area (Å²) in [5, 5.41) is 2.72. The van der Waals surface area contributed by atoms with Crippen LogP contribution in [0.25, 0.3) is 0 Å². The summed E-state index contributed by atoms with van der Waals surface area (Å²) in [5.74, 6) is -1.44. The molecule has 0 saturated heterocycles. The summed E-state index contributed by atoms with van der Waals surface area (Å²) < 4.78 is 6.08. The van der Waals surface area contributed by atoms with Crippen molar-refractivity contribution in [2.75, 3.05) is 11.9 Å². The van der Waals surface area contributed by atoms with Gasteiger partial charge in [0.05, 0.1) is 5.69 Å². The van der Waals surface area contributed by atoms with Gasteiger partial charge in [-0.15, -0.1) is 0 Å². The van der Waals surface area contributed by atoms with Gasteiger partial charge in [0, 0.05) is 4.47 Å². The largest absolute Gasteiger partial charge is 0.455 e. The van der Waals surface area contributed by atoms with Crippen LogP contribution in [0.15, 0.2) is 89.4 Å². The van der Waals surface area contributed by atoms with Crippen LogP contribution < -0.4 is 5.32 Å². The summed E-state index contributed by atoms with van der Waals surface area (Å²) in [4.78, 5) is 24.9. The van der Waals surface area contributed by atoms with Gasteiger partial charge in [-0.3, -0.25) is 9.59 Å². The summed E-state index contributed by atoms with van der Waals surface area (Å²) in [6.45, 7) is -0.351. The van der Waals surface area contributed by atoms with Crippen molar-refractivity contribution in [2.24, 2.45) is 0 Å². The summed E-state index contributed by atoms with van der Waals surface area (Å²) in [6.07, 6.45) is 0. The first-order valence-electron chi connectivity index (χ1n) is 8.46. The third kappa shape index (κ3) is 5.05. The second kappa shape index (κ2) is 9.14. The standard InChI is InChI=1S/C22H18BrNO3/c23-18-13-7-8-14-19(18)24-20(25)15-27-22(26)21(16-9-3-1-4-10-16)17-11-5-2-6-12-17/h1-14,21H,15H2,(H,24,25). The first-order valence-corrected chi connectivity index (χ1v) is 9.25. The second-order valence-electron chi connectivity index (χ2n) is 5.89. The molecule has 136 valence electrons. The summed E-state index contributed by atoms with van der Waals surface area (Å²) in [5.41, 5.74) is 2.26. The van der Waals surface area contributed by atoms with Crippen LogP contribution in [0.4, 0.5) is 5.69 Å². The molecule has 3 rings (SSSR count). The average Bonchev–Trinajstić information content (AvgIpc) is 2.70. The molecule has 0 aliphatic carbocycles. The number of esters is 1. The van der Waals surface area contributed by atoms with Crippen molar-refractivity contribution >= 4 is 33.5 Å². The molecule has 4 nitrogen and oxygen atoms in total. The van der Waals surface area contributed by atoms with E-state index in [1.807, 2.05) is 78.9 Å². The van der Waals surface area contributed by atoms with Crippen molar-refractivity contribution in [2.45, 2.75) is 5.92 Å². The quantitative estimate of drug-likeness (QED) is 0.581. The van der Waals surface area contributed by atoms with Crippen molar-refractivity contribution < 1.29 is 14.3 Å². The Labute approximate surface area is 166 Å². The normalized spacial score (nSPS) is 10.4. The number of carbonyl (C=O) groups excluding carboxylic acids is 2. The van der Waals surface area contributed by atoms with E-state index < -0.39 is 17.8 Å². The van der Waals surface area contributed by atoms with Gasteiger partial charge in [0.15, 0.2) is 6.61 Å². The minimum atomic E-state index is -0.580. The van der Waals surface area contributed by atoms with E-state index in [-0.39, 0.29) is 6.61 Å². The number of rotatable bonds is 6. The van der Waals surface area contributed by atoms with Gasteiger partial charge in [0.2, 0.25) is 0 Å². The first kappa shape index (κ1) is 18.9. The molecule has 0 spiro atoms. The van der Waals surface area contributed by atoms with E-state index in [0.717, 1.165) is 15.6 Å². The number of para-hydroxylation sites is 1. The number of nitrogens with one attached hydrogen (secondary N) is 1. The average molecular weight is 424 g/mol. The van der Waals surface area contributed by atoms with Crippen LogP contribution in [0, 0.1) is 0 Å². The number of hydrogen-bond donors (Lipinski definition) is 1. The van der Waals surface area contributed by atoms with Gasteiger partial charge in [-0.2, -0.15) is 0 Å². The fourth-order valence-electron chi connectivity index (χ4n) is 2.72. The zero-order valence-corrected chi connectivity index (χ0v) is 16.1. The van der Waals surface area contributed by atoms with E-state index >= 15 is 0 Å². The zero-order chi connectivity index (χ0) is 19.1. The second-order valence-corrected chi connectivity index (χ2v) is 6.74. The third-order valence-electron chi connectivity index (χ3n) is 3.99. The Morgan fingerprint density at radius 1 is 0.815 bits per heavy atom. The predicted molar refractivity (Wildman–Crippen MR) is 108 cm³/mol. The van der Waals surface area contributed by atoms with E-state index in [1.165, 1.54) is 0 Å². The van der Waals surface area contributed by atoms with Crippen molar-refractivity contribution in [3.8, 4) is 0 Å². The molecule has 1 amide bonds. The van der Waals surface area contributed by atoms with Crippen molar-refractivity contribution in [3.05, 3.63) is 101 Å². The van der Waals surface area contributed by atoms with E-state index in [1.54, 1.807) is 6.07 Å². The molecule has 5 heteroatoms. The lowest BCUT2D eigenvalue weighted by Gasteiger charge is -2.17. The number of ether oxygens (including phenoxy) is 1. The van der Waals surface area contributed by atoms with Gasteiger partial charge in [-0.05, 0) is 39.2 Å². The molecular weight excluding hydrogens is 406 g/mol. The van der Waals surface area contributed by atoms with Gasteiger partial charge in [-0.25, -0.2) is 0 Å². The Hall–Kier alpha value is -2.92. The Balaban J connectivity index is 1.70. The fourth-order valence-corrected chi connectivity index (χ4v) is 3.11. The topological polar surface area (TPSA) is 55.4 Å². The molecule has 0 aliphatic heterocycles. The van der Waals surface area contributed by atoms with E-state index in [9.17, 15) is 9.59 Å². The van der Waals surface area contributed by atoms with E-state index in [4.69, 9.17) is 4.74 Å². The molecule has 0 unspecified atom stereocenters. The van der Waals surface area contributed by atoms with Gasteiger partial charge >= 0.3 is 5.97 Å². The fraction of sp³-hybridized carbons (Fsp3) is 0.0909. The molecule has 27 heavy (non-hydrogen) atoms. The maximum absolute atomic E-state index is 12.8. The van der Waals surface area contributed by atoms with Crippen molar-refractivity contribution in [1.82, 2.24) is 0 Å². The van der Waals surface area contributed by atoms with Crippen LogP contribution in [0.3, 0.4) is 0 Å². The molecule has 3 aromatic rings. The smallest absolute Gasteiger partial charge is 0.318 e. The van der Waals surface area contributed by atoms with Crippen LogP contribution in [-0.4, -0.2) is 18.5 Å². The molecule has 0 saturated carbocycles. The summed E-state index contributed by atoms with van der Waals surface area (Å²) >= 11 is 3.37. The minimum absolute atomic E-state index is 0.351. The molecule has 0 fully saturated rings. The number of benzene rings is 3. The highest BCUT2D eigenvalue weighted by atomic mass is 79.9. The molecular formula is C22H18BrNO3. The Bertz CT molecular complexity index is 874. The van der Waals surface area contributed by atoms with Gasteiger partial charge < -0.3 is 10.1 Å².